The minimum absolute atomic E-state index is 0.0400. The van der Waals surface area contributed by atoms with Crippen molar-refractivity contribution in [2.24, 2.45) is 7.05 Å². The number of methoxy groups -OCH3 is 1. The molecule has 0 bridgehead atoms. The van der Waals surface area contributed by atoms with E-state index in [1.165, 1.54) is 12.1 Å². The van der Waals surface area contributed by atoms with Crippen molar-refractivity contribution in [2.45, 2.75) is 18.4 Å². The third-order valence-electron chi connectivity index (χ3n) is 4.28. The zero-order valence-electron chi connectivity index (χ0n) is 15.3. The molecule has 2 amide bonds. The Morgan fingerprint density at radius 1 is 1.15 bits per heavy atom. The van der Waals surface area contributed by atoms with Gasteiger partial charge in [0, 0.05) is 30.7 Å². The topological polar surface area (TPSA) is 89.4 Å². The molecule has 3 rings (SSSR count). The van der Waals surface area contributed by atoms with Gasteiger partial charge in [0.15, 0.2) is 0 Å². The van der Waals surface area contributed by atoms with E-state index in [0.717, 1.165) is 22.0 Å². The van der Waals surface area contributed by atoms with E-state index in [-0.39, 0.29) is 11.4 Å². The first-order valence-corrected chi connectivity index (χ1v) is 9.78. The molecule has 7 nitrogen and oxygen atoms in total. The van der Waals surface area contributed by atoms with Crippen LogP contribution in [0.5, 0.6) is 5.75 Å². The summed E-state index contributed by atoms with van der Waals surface area (Å²) in [5.74, 6) is 0.710. The van der Waals surface area contributed by atoms with Gasteiger partial charge < -0.3 is 14.6 Å². The average molecular weight is 387 g/mol. The van der Waals surface area contributed by atoms with Gasteiger partial charge >= 0.3 is 6.03 Å². The molecule has 0 aliphatic carbocycles. The van der Waals surface area contributed by atoms with Crippen molar-refractivity contribution in [3.63, 3.8) is 0 Å². The lowest BCUT2D eigenvalue weighted by Gasteiger charge is -2.09. The number of sulfonamides is 1. The number of nitrogens with one attached hydrogen (secondary N) is 2. The Hall–Kier alpha value is -3.00. The van der Waals surface area contributed by atoms with Crippen molar-refractivity contribution in [1.82, 2.24) is 14.6 Å². The molecule has 2 N–H and O–H groups in total. The Morgan fingerprint density at radius 3 is 2.52 bits per heavy atom. The average Bonchev–Trinajstić information content (AvgIpc) is 2.95. The Kier molecular flexibility index (Phi) is 5.09. The summed E-state index contributed by atoms with van der Waals surface area (Å²) in [6, 6.07) is 11.2. The van der Waals surface area contributed by atoms with Crippen LogP contribution < -0.4 is 14.8 Å². The van der Waals surface area contributed by atoms with Crippen LogP contribution in [0.25, 0.3) is 10.9 Å². The van der Waals surface area contributed by atoms with Crippen molar-refractivity contribution in [3.8, 4) is 5.75 Å². The first-order valence-electron chi connectivity index (χ1n) is 8.29. The summed E-state index contributed by atoms with van der Waals surface area (Å²) in [4.78, 5) is 12.1. The van der Waals surface area contributed by atoms with Crippen molar-refractivity contribution in [2.75, 3.05) is 7.11 Å². The smallest absolute Gasteiger partial charge is 0.328 e. The van der Waals surface area contributed by atoms with E-state index in [4.69, 9.17) is 4.74 Å². The van der Waals surface area contributed by atoms with Gasteiger partial charge in [-0.1, -0.05) is 17.7 Å². The fourth-order valence-corrected chi connectivity index (χ4v) is 3.76. The van der Waals surface area contributed by atoms with Crippen LogP contribution in [-0.4, -0.2) is 26.1 Å². The molecule has 2 aromatic carbocycles. The molecule has 0 saturated carbocycles. The number of hydrogen-bond acceptors (Lipinski definition) is 4. The summed E-state index contributed by atoms with van der Waals surface area (Å²) in [7, 11) is -0.424. The minimum atomic E-state index is -3.92. The molecular formula is C19H21N3O4S. The van der Waals surface area contributed by atoms with Crippen molar-refractivity contribution >= 4 is 27.0 Å². The molecule has 27 heavy (non-hydrogen) atoms. The standard InChI is InChI=1S/C19H21N3O4S/c1-13-4-7-16(8-5-13)27(24,25)21-19(23)20-11-14-12-22(2)18-9-6-15(26-3)10-17(14)18/h4-10,12H,11H2,1-3H3,(H2,20,21,23). The maximum Gasteiger partial charge on any atom is 0.328 e. The fraction of sp³-hybridized carbons (Fsp3) is 0.211. The molecule has 0 aliphatic heterocycles. The van der Waals surface area contributed by atoms with Gasteiger partial charge in [-0.2, -0.15) is 0 Å². The highest BCUT2D eigenvalue weighted by Gasteiger charge is 2.17. The number of nitrogens with zero attached hydrogens (tertiary/aromatic N) is 1. The summed E-state index contributed by atoms with van der Waals surface area (Å²) >= 11 is 0. The number of fused-ring (bicyclic) bond motifs is 1. The van der Waals surface area contributed by atoms with Gasteiger partial charge in [0.1, 0.15) is 5.75 Å². The van der Waals surface area contributed by atoms with Gasteiger partial charge in [-0.15, -0.1) is 0 Å². The van der Waals surface area contributed by atoms with E-state index in [9.17, 15) is 13.2 Å². The second kappa shape index (κ2) is 7.32. The quantitative estimate of drug-likeness (QED) is 0.704. The summed E-state index contributed by atoms with van der Waals surface area (Å²) in [6.45, 7) is 2.04. The zero-order chi connectivity index (χ0) is 19.6. The number of benzene rings is 2. The Bertz CT molecular complexity index is 1090. The number of ether oxygens (including phenoxy) is 1. The zero-order valence-corrected chi connectivity index (χ0v) is 16.1. The molecule has 1 heterocycles. The molecular weight excluding hydrogens is 366 g/mol. The van der Waals surface area contributed by atoms with Gasteiger partial charge in [-0.05, 0) is 42.8 Å². The van der Waals surface area contributed by atoms with Gasteiger partial charge in [0.2, 0.25) is 0 Å². The maximum absolute atomic E-state index is 12.3. The molecule has 0 fully saturated rings. The van der Waals surface area contributed by atoms with Crippen LogP contribution in [0.2, 0.25) is 0 Å². The maximum atomic E-state index is 12.3. The van der Waals surface area contributed by atoms with Crippen LogP contribution in [0.3, 0.4) is 0 Å². The van der Waals surface area contributed by atoms with E-state index >= 15 is 0 Å². The molecule has 3 aromatic rings. The lowest BCUT2D eigenvalue weighted by atomic mass is 10.1. The van der Waals surface area contributed by atoms with Crippen LogP contribution in [0, 0.1) is 6.92 Å². The number of aromatic nitrogens is 1. The van der Waals surface area contributed by atoms with Crippen molar-refractivity contribution in [1.29, 1.82) is 0 Å². The molecule has 0 saturated heterocycles. The third-order valence-corrected chi connectivity index (χ3v) is 5.62. The molecule has 142 valence electrons. The number of carbonyl (C=O) groups excluding carboxylic acids is 1. The van der Waals surface area contributed by atoms with Crippen LogP contribution in [-0.2, 0) is 23.6 Å². The molecule has 0 radical (unpaired) electrons. The second-order valence-electron chi connectivity index (χ2n) is 6.25. The van der Waals surface area contributed by atoms with Gasteiger partial charge in [-0.25, -0.2) is 17.9 Å². The van der Waals surface area contributed by atoms with Crippen LogP contribution in [0.15, 0.2) is 53.6 Å². The molecule has 0 spiro atoms. The number of rotatable bonds is 5. The summed E-state index contributed by atoms with van der Waals surface area (Å²) in [5, 5.41) is 3.53. The van der Waals surface area contributed by atoms with E-state index < -0.39 is 16.1 Å². The van der Waals surface area contributed by atoms with Gasteiger partial charge in [0.25, 0.3) is 10.0 Å². The number of urea groups is 1. The molecule has 1 aromatic heterocycles. The second-order valence-corrected chi connectivity index (χ2v) is 7.93. The predicted molar refractivity (Wildman–Crippen MR) is 103 cm³/mol. The van der Waals surface area contributed by atoms with E-state index in [0.29, 0.717) is 5.75 Å². The highest BCUT2D eigenvalue weighted by molar-refractivity contribution is 7.90. The van der Waals surface area contributed by atoms with E-state index in [1.807, 2.05) is 47.7 Å². The predicted octanol–water partition coefficient (Wildman–Crippen LogP) is 2.68. The number of carbonyl (C=O) groups is 1. The number of hydrogen-bond donors (Lipinski definition) is 2. The fourth-order valence-electron chi connectivity index (χ4n) is 2.83. The van der Waals surface area contributed by atoms with E-state index in [1.54, 1.807) is 19.2 Å². The first-order chi connectivity index (χ1) is 12.8. The first kappa shape index (κ1) is 18.8. The van der Waals surface area contributed by atoms with E-state index in [2.05, 4.69) is 5.32 Å². The minimum Gasteiger partial charge on any atom is -0.497 e. The normalized spacial score (nSPS) is 11.4. The molecule has 0 aliphatic rings. The lowest BCUT2D eigenvalue weighted by Crippen LogP contribution is -2.39. The van der Waals surface area contributed by atoms with Gasteiger partial charge in [0.05, 0.1) is 12.0 Å². The summed E-state index contributed by atoms with van der Waals surface area (Å²) < 4.78 is 33.8. The Morgan fingerprint density at radius 2 is 1.85 bits per heavy atom. The third kappa shape index (κ3) is 4.06. The van der Waals surface area contributed by atoms with Crippen molar-refractivity contribution < 1.29 is 17.9 Å². The summed E-state index contributed by atoms with van der Waals surface area (Å²) in [5.41, 5.74) is 2.78. The number of amides is 2. The Balaban J connectivity index is 1.72. The SMILES string of the molecule is COc1ccc2c(c1)c(CNC(=O)NS(=O)(=O)c1ccc(C)cc1)cn2C. The monoisotopic (exact) mass is 387 g/mol. The molecule has 0 atom stereocenters. The summed E-state index contributed by atoms with van der Waals surface area (Å²) in [6.07, 6.45) is 1.89. The highest BCUT2D eigenvalue weighted by atomic mass is 32.2. The van der Waals surface area contributed by atoms with Crippen LogP contribution in [0.4, 0.5) is 4.79 Å². The largest absolute Gasteiger partial charge is 0.497 e. The van der Waals surface area contributed by atoms with Crippen LogP contribution in [0.1, 0.15) is 11.1 Å². The molecule has 0 unspecified atom stereocenters. The molecule has 8 heteroatoms. The highest BCUT2D eigenvalue weighted by Crippen LogP contribution is 2.25. The lowest BCUT2D eigenvalue weighted by molar-refractivity contribution is 0.245. The Labute approximate surface area is 158 Å². The van der Waals surface area contributed by atoms with Crippen molar-refractivity contribution in [3.05, 3.63) is 59.8 Å². The van der Waals surface area contributed by atoms with Crippen LogP contribution >= 0.6 is 0 Å². The number of aryl methyl sites for hydroxylation is 2. The van der Waals surface area contributed by atoms with Gasteiger partial charge in [-0.3, -0.25) is 0 Å².